The maximum absolute atomic E-state index is 11.2. The van der Waals surface area contributed by atoms with E-state index in [0.29, 0.717) is 0 Å². The average Bonchev–Trinajstić information content (AvgIpc) is 2.62. The van der Waals surface area contributed by atoms with Gasteiger partial charge in [0.25, 0.3) is 0 Å². The number of carbonyl (C=O) groups is 1. The van der Waals surface area contributed by atoms with Gasteiger partial charge in [0.2, 0.25) is 6.54 Å². The third-order valence-electron chi connectivity index (χ3n) is 2.03. The van der Waals surface area contributed by atoms with Crippen LogP contribution in [0.25, 0.3) is 0 Å². The summed E-state index contributed by atoms with van der Waals surface area (Å²) >= 11 is 4.70. The lowest BCUT2D eigenvalue weighted by Crippen LogP contribution is -2.16. The number of hydrogen-bond donors (Lipinski definition) is 0. The van der Waals surface area contributed by atoms with E-state index >= 15 is 0 Å². The number of carbonyl (C=O) groups excluding carboxylic acids is 1. The smallest absolute Gasteiger partial charge is 0.306 e. The zero-order valence-electron chi connectivity index (χ0n) is 8.51. The Morgan fingerprint density at radius 1 is 1.75 bits per heavy atom. The third-order valence-corrected chi connectivity index (χ3v) is 4.06. The Bertz CT molecular complexity index is 393. The predicted molar refractivity (Wildman–Crippen MR) is 63.3 cm³/mol. The topological polar surface area (TPSA) is 69.4 Å². The molecule has 88 valence electrons. The molecule has 1 heterocycles. The molecule has 1 rings (SSSR count). The Hall–Kier alpha value is -0.950. The molecular formula is C9H10BrNO4S. The first kappa shape index (κ1) is 13.1. The molecule has 7 heteroatoms. The van der Waals surface area contributed by atoms with Gasteiger partial charge in [0.15, 0.2) is 0 Å². The van der Waals surface area contributed by atoms with Gasteiger partial charge in [0.05, 0.1) is 19.4 Å². The molecule has 5 nitrogen and oxygen atoms in total. The lowest BCUT2D eigenvalue weighted by atomic mass is 10.0. The van der Waals surface area contributed by atoms with E-state index < -0.39 is 16.8 Å². The van der Waals surface area contributed by atoms with E-state index in [1.165, 1.54) is 18.4 Å². The van der Waals surface area contributed by atoms with Crippen LogP contribution in [0.4, 0.5) is 0 Å². The second-order valence-electron chi connectivity index (χ2n) is 3.13. The quantitative estimate of drug-likeness (QED) is 0.476. The molecule has 0 spiro atoms. The Labute approximate surface area is 105 Å². The number of thiophene rings is 1. The third kappa shape index (κ3) is 3.57. The van der Waals surface area contributed by atoms with Crippen LogP contribution in [-0.4, -0.2) is 24.5 Å². The molecule has 0 N–H and O–H groups in total. The van der Waals surface area contributed by atoms with E-state index in [9.17, 15) is 14.9 Å². The molecule has 0 aliphatic carbocycles. The number of nitrogens with zero attached hydrogens (tertiary/aromatic N) is 1. The molecule has 0 bridgehead atoms. The lowest BCUT2D eigenvalue weighted by molar-refractivity contribution is -0.483. The van der Waals surface area contributed by atoms with Crippen LogP contribution in [0.5, 0.6) is 0 Å². The van der Waals surface area contributed by atoms with Crippen molar-refractivity contribution < 1.29 is 14.5 Å². The minimum Gasteiger partial charge on any atom is -0.469 e. The predicted octanol–water partition coefficient (Wildman–Crippen LogP) is 2.43. The molecule has 1 atom stereocenters. The van der Waals surface area contributed by atoms with Gasteiger partial charge in [-0.15, -0.1) is 11.3 Å². The Balaban J connectivity index is 2.83. The number of methoxy groups -OCH3 is 1. The summed E-state index contributed by atoms with van der Waals surface area (Å²) in [5.74, 6) is -0.871. The van der Waals surface area contributed by atoms with Crippen molar-refractivity contribution in [3.05, 3.63) is 30.9 Å². The minimum absolute atomic E-state index is 0.0244. The molecule has 0 saturated carbocycles. The molecule has 0 amide bonds. The van der Waals surface area contributed by atoms with Crippen LogP contribution in [0.2, 0.25) is 0 Å². The zero-order valence-corrected chi connectivity index (χ0v) is 10.9. The van der Waals surface area contributed by atoms with Gasteiger partial charge in [0.1, 0.15) is 0 Å². The van der Waals surface area contributed by atoms with Crippen molar-refractivity contribution in [3.63, 3.8) is 0 Å². The van der Waals surface area contributed by atoms with Crippen molar-refractivity contribution in [1.82, 2.24) is 0 Å². The molecule has 1 unspecified atom stereocenters. The number of ether oxygens (including phenoxy) is 1. The molecule has 0 radical (unpaired) electrons. The molecule has 0 aliphatic rings. The first-order valence-corrected chi connectivity index (χ1v) is 6.13. The lowest BCUT2D eigenvalue weighted by Gasteiger charge is -2.10. The SMILES string of the molecule is COC(=O)CC(C[N+](=O)[O-])c1sccc1Br. The number of hydrogen-bond acceptors (Lipinski definition) is 5. The van der Waals surface area contributed by atoms with Crippen molar-refractivity contribution in [1.29, 1.82) is 0 Å². The van der Waals surface area contributed by atoms with Crippen LogP contribution in [0.3, 0.4) is 0 Å². The van der Waals surface area contributed by atoms with Crippen molar-refractivity contribution in [2.45, 2.75) is 12.3 Å². The fraction of sp³-hybridized carbons (Fsp3) is 0.444. The highest BCUT2D eigenvalue weighted by Crippen LogP contribution is 2.32. The maximum Gasteiger partial charge on any atom is 0.306 e. The highest BCUT2D eigenvalue weighted by molar-refractivity contribution is 9.10. The van der Waals surface area contributed by atoms with Crippen LogP contribution in [0.1, 0.15) is 17.2 Å². The first-order valence-electron chi connectivity index (χ1n) is 4.46. The summed E-state index contributed by atoms with van der Waals surface area (Å²) in [6, 6.07) is 1.81. The van der Waals surface area contributed by atoms with Gasteiger partial charge in [-0.25, -0.2) is 0 Å². The molecule has 0 saturated heterocycles. The second kappa shape index (κ2) is 5.95. The van der Waals surface area contributed by atoms with E-state index in [-0.39, 0.29) is 13.0 Å². The second-order valence-corrected chi connectivity index (χ2v) is 4.93. The van der Waals surface area contributed by atoms with Gasteiger partial charge in [-0.2, -0.15) is 0 Å². The van der Waals surface area contributed by atoms with Crippen molar-refractivity contribution >= 4 is 33.2 Å². The summed E-state index contributed by atoms with van der Waals surface area (Å²) in [4.78, 5) is 22.1. The van der Waals surface area contributed by atoms with Crippen LogP contribution in [0.15, 0.2) is 15.9 Å². The Morgan fingerprint density at radius 3 is 2.88 bits per heavy atom. The van der Waals surface area contributed by atoms with Crippen LogP contribution < -0.4 is 0 Å². The van der Waals surface area contributed by atoms with E-state index in [1.807, 2.05) is 11.4 Å². The molecule has 16 heavy (non-hydrogen) atoms. The summed E-state index contributed by atoms with van der Waals surface area (Å²) in [5, 5.41) is 12.4. The van der Waals surface area contributed by atoms with Crippen LogP contribution in [0, 0.1) is 10.1 Å². The number of halogens is 1. The zero-order chi connectivity index (χ0) is 12.1. The van der Waals surface area contributed by atoms with E-state index in [4.69, 9.17) is 0 Å². The van der Waals surface area contributed by atoms with Crippen LogP contribution in [-0.2, 0) is 9.53 Å². The standard InChI is InChI=1S/C9H10BrNO4S/c1-15-8(12)4-6(5-11(13)14)9-7(10)2-3-16-9/h2-3,6H,4-5H2,1H3. The van der Waals surface area contributed by atoms with E-state index in [2.05, 4.69) is 20.7 Å². The summed E-state index contributed by atoms with van der Waals surface area (Å²) in [6.07, 6.45) is 0.0244. The normalized spacial score (nSPS) is 12.1. The fourth-order valence-electron chi connectivity index (χ4n) is 1.30. The van der Waals surface area contributed by atoms with Gasteiger partial charge < -0.3 is 4.74 Å². The maximum atomic E-state index is 11.2. The summed E-state index contributed by atoms with van der Waals surface area (Å²) < 4.78 is 5.33. The van der Waals surface area contributed by atoms with Gasteiger partial charge in [-0.3, -0.25) is 14.9 Å². The summed E-state index contributed by atoms with van der Waals surface area (Å²) in [7, 11) is 1.27. The largest absolute Gasteiger partial charge is 0.469 e. The minimum atomic E-state index is -0.438. The molecule has 0 aromatic carbocycles. The van der Waals surface area contributed by atoms with E-state index in [1.54, 1.807) is 0 Å². The van der Waals surface area contributed by atoms with E-state index in [0.717, 1.165) is 9.35 Å². The summed E-state index contributed by atoms with van der Waals surface area (Å²) in [5.41, 5.74) is 0. The Morgan fingerprint density at radius 2 is 2.44 bits per heavy atom. The fourth-order valence-corrected chi connectivity index (χ4v) is 3.09. The van der Waals surface area contributed by atoms with Gasteiger partial charge >= 0.3 is 5.97 Å². The van der Waals surface area contributed by atoms with Crippen molar-refractivity contribution in [3.8, 4) is 0 Å². The molecule has 1 aromatic heterocycles. The van der Waals surface area contributed by atoms with Crippen molar-refractivity contribution in [2.75, 3.05) is 13.7 Å². The Kier molecular flexibility index (Phi) is 4.88. The van der Waals surface area contributed by atoms with Crippen molar-refractivity contribution in [2.24, 2.45) is 0 Å². The molecule has 1 aromatic rings. The molecule has 0 fully saturated rings. The number of rotatable bonds is 5. The van der Waals surface area contributed by atoms with Gasteiger partial charge in [0, 0.05) is 14.3 Å². The number of nitro groups is 1. The van der Waals surface area contributed by atoms with Crippen LogP contribution >= 0.6 is 27.3 Å². The molecule has 0 aliphatic heterocycles. The highest BCUT2D eigenvalue weighted by Gasteiger charge is 2.24. The van der Waals surface area contributed by atoms with Gasteiger partial charge in [-0.1, -0.05) is 0 Å². The summed E-state index contributed by atoms with van der Waals surface area (Å²) in [6.45, 7) is -0.270. The highest BCUT2D eigenvalue weighted by atomic mass is 79.9. The average molecular weight is 308 g/mol. The molecular weight excluding hydrogens is 298 g/mol. The first-order chi connectivity index (χ1) is 7.54. The number of esters is 1. The monoisotopic (exact) mass is 307 g/mol. The van der Waals surface area contributed by atoms with Gasteiger partial charge in [-0.05, 0) is 27.4 Å².